The second-order valence-corrected chi connectivity index (χ2v) is 7.09. The van der Waals surface area contributed by atoms with E-state index in [2.05, 4.69) is 33.5 Å². The normalized spacial score (nSPS) is 20.3. The first-order valence-corrected chi connectivity index (χ1v) is 9.19. The molecule has 0 aromatic heterocycles. The summed E-state index contributed by atoms with van der Waals surface area (Å²) in [6.45, 7) is 2.21. The number of rotatable bonds is 5. The average Bonchev–Trinajstić information content (AvgIpc) is 2.62. The van der Waals surface area contributed by atoms with Crippen molar-refractivity contribution >= 4 is 39.2 Å². The van der Waals surface area contributed by atoms with Gasteiger partial charge in [0.15, 0.2) is 0 Å². The predicted molar refractivity (Wildman–Crippen MR) is 99.4 cm³/mol. The number of ether oxygens (including phenoxy) is 1. The number of anilines is 2. The highest BCUT2D eigenvalue weighted by Gasteiger charge is 2.26. The lowest BCUT2D eigenvalue weighted by Crippen LogP contribution is -2.27. The molecule has 2 rings (SSSR count). The average molecular weight is 397 g/mol. The van der Waals surface area contributed by atoms with Crippen LogP contribution in [-0.2, 0) is 9.53 Å². The second kappa shape index (κ2) is 8.51. The van der Waals surface area contributed by atoms with E-state index in [0.29, 0.717) is 15.7 Å². The number of carbonyl (C=O) groups is 2. The van der Waals surface area contributed by atoms with Gasteiger partial charge in [-0.1, -0.05) is 13.3 Å². The lowest BCUT2D eigenvalue weighted by molar-refractivity contribution is -0.121. The molecular weight excluding hydrogens is 372 g/mol. The van der Waals surface area contributed by atoms with Crippen LogP contribution in [0, 0.1) is 11.8 Å². The summed E-state index contributed by atoms with van der Waals surface area (Å²) in [4.78, 5) is 24.5. The highest BCUT2D eigenvalue weighted by Crippen LogP contribution is 2.34. The molecule has 132 valence electrons. The lowest BCUT2D eigenvalue weighted by atomic mass is 9.80. The number of benzene rings is 1. The quantitative estimate of drug-likeness (QED) is 0.722. The molecule has 2 N–H and O–H groups in total. The molecule has 0 spiro atoms. The zero-order valence-electron chi connectivity index (χ0n) is 14.4. The minimum absolute atomic E-state index is 0.0270. The third-order valence-electron chi connectivity index (χ3n) is 4.83. The summed E-state index contributed by atoms with van der Waals surface area (Å²) in [6.07, 6.45) is 5.27. The van der Waals surface area contributed by atoms with Gasteiger partial charge in [-0.3, -0.25) is 4.79 Å². The Kier molecular flexibility index (Phi) is 6.66. The molecule has 1 aliphatic rings. The molecular formula is C18H25BrN2O3. The Labute approximate surface area is 151 Å². The summed E-state index contributed by atoms with van der Waals surface area (Å²) in [5, 5.41) is 6.03. The smallest absolute Gasteiger partial charge is 0.339 e. The second-order valence-electron chi connectivity index (χ2n) is 6.23. The molecule has 1 fully saturated rings. The van der Waals surface area contributed by atoms with Gasteiger partial charge in [0, 0.05) is 17.4 Å². The standard InChI is InChI=1S/C18H25BrN2O3/c1-4-11-5-7-12(8-6-11)17(22)21-16-9-13(18(23)24-3)14(19)10-15(16)20-2/h9-12,20H,4-8H2,1-3H3,(H,21,22). The molecule has 0 saturated heterocycles. The van der Waals surface area contributed by atoms with Crippen LogP contribution in [0.2, 0.25) is 0 Å². The van der Waals surface area contributed by atoms with Crippen LogP contribution in [0.1, 0.15) is 49.4 Å². The summed E-state index contributed by atoms with van der Waals surface area (Å²) in [6, 6.07) is 3.42. The fourth-order valence-corrected chi connectivity index (χ4v) is 3.72. The number of nitrogens with one attached hydrogen (secondary N) is 2. The molecule has 1 amide bonds. The molecule has 0 radical (unpaired) electrons. The lowest BCUT2D eigenvalue weighted by Gasteiger charge is -2.27. The highest BCUT2D eigenvalue weighted by atomic mass is 79.9. The maximum absolute atomic E-state index is 12.6. The van der Waals surface area contributed by atoms with Crippen molar-refractivity contribution in [2.24, 2.45) is 11.8 Å². The van der Waals surface area contributed by atoms with E-state index in [4.69, 9.17) is 4.74 Å². The number of halogens is 1. The Morgan fingerprint density at radius 3 is 2.42 bits per heavy atom. The number of hydrogen-bond donors (Lipinski definition) is 2. The van der Waals surface area contributed by atoms with Crippen LogP contribution in [0.3, 0.4) is 0 Å². The predicted octanol–water partition coefficient (Wildman–Crippen LogP) is 4.43. The van der Waals surface area contributed by atoms with E-state index in [1.165, 1.54) is 13.5 Å². The number of esters is 1. The molecule has 0 atom stereocenters. The first kappa shape index (κ1) is 18.8. The van der Waals surface area contributed by atoms with Gasteiger partial charge in [0.25, 0.3) is 0 Å². The molecule has 1 aromatic rings. The first-order chi connectivity index (χ1) is 11.5. The van der Waals surface area contributed by atoms with E-state index < -0.39 is 5.97 Å². The number of carbonyl (C=O) groups excluding carboxylic acids is 2. The minimum Gasteiger partial charge on any atom is -0.465 e. The Bertz CT molecular complexity index is 611. The van der Waals surface area contributed by atoms with Crippen molar-refractivity contribution in [1.29, 1.82) is 0 Å². The van der Waals surface area contributed by atoms with Gasteiger partial charge in [-0.2, -0.15) is 0 Å². The fraction of sp³-hybridized carbons (Fsp3) is 0.556. The van der Waals surface area contributed by atoms with Crippen LogP contribution in [0.15, 0.2) is 16.6 Å². The van der Waals surface area contributed by atoms with Gasteiger partial charge in [-0.05, 0) is 59.7 Å². The minimum atomic E-state index is -0.441. The number of hydrogen-bond acceptors (Lipinski definition) is 4. The van der Waals surface area contributed by atoms with Crippen molar-refractivity contribution in [3.05, 3.63) is 22.2 Å². The molecule has 1 aromatic carbocycles. The summed E-state index contributed by atoms with van der Waals surface area (Å²) >= 11 is 3.37. The maximum atomic E-state index is 12.6. The Morgan fingerprint density at radius 2 is 1.88 bits per heavy atom. The summed E-state index contributed by atoms with van der Waals surface area (Å²) < 4.78 is 5.41. The van der Waals surface area contributed by atoms with Crippen LogP contribution >= 0.6 is 15.9 Å². The zero-order valence-corrected chi connectivity index (χ0v) is 16.0. The van der Waals surface area contributed by atoms with Gasteiger partial charge in [-0.25, -0.2) is 4.79 Å². The first-order valence-electron chi connectivity index (χ1n) is 8.40. The fourth-order valence-electron chi connectivity index (χ4n) is 3.22. The number of amides is 1. The van der Waals surface area contributed by atoms with Gasteiger partial charge < -0.3 is 15.4 Å². The van der Waals surface area contributed by atoms with Crippen LogP contribution in [0.5, 0.6) is 0 Å². The third-order valence-corrected chi connectivity index (χ3v) is 5.49. The van der Waals surface area contributed by atoms with Gasteiger partial charge in [0.1, 0.15) is 0 Å². The molecule has 1 saturated carbocycles. The van der Waals surface area contributed by atoms with Crippen LogP contribution in [0.25, 0.3) is 0 Å². The Morgan fingerprint density at radius 1 is 1.21 bits per heavy atom. The maximum Gasteiger partial charge on any atom is 0.339 e. The number of methoxy groups -OCH3 is 1. The van der Waals surface area contributed by atoms with Crippen LogP contribution in [0.4, 0.5) is 11.4 Å². The van der Waals surface area contributed by atoms with Gasteiger partial charge in [-0.15, -0.1) is 0 Å². The monoisotopic (exact) mass is 396 g/mol. The van der Waals surface area contributed by atoms with Crippen LogP contribution in [-0.4, -0.2) is 26.0 Å². The summed E-state index contributed by atoms with van der Waals surface area (Å²) in [5.41, 5.74) is 1.75. The molecule has 0 heterocycles. The SMILES string of the molecule is CCC1CCC(C(=O)Nc2cc(C(=O)OC)c(Br)cc2NC)CC1. The van der Waals surface area contributed by atoms with Gasteiger partial charge >= 0.3 is 5.97 Å². The van der Waals surface area contributed by atoms with Gasteiger partial charge in [0.2, 0.25) is 5.91 Å². The topological polar surface area (TPSA) is 67.4 Å². The van der Waals surface area contributed by atoms with E-state index in [0.717, 1.165) is 37.3 Å². The molecule has 0 bridgehead atoms. The van der Waals surface area contributed by atoms with E-state index in [9.17, 15) is 9.59 Å². The third kappa shape index (κ3) is 4.29. The summed E-state index contributed by atoms with van der Waals surface area (Å²) in [7, 11) is 3.12. The zero-order chi connectivity index (χ0) is 17.7. The van der Waals surface area contributed by atoms with E-state index >= 15 is 0 Å². The van der Waals surface area contributed by atoms with Crippen molar-refractivity contribution in [2.45, 2.75) is 39.0 Å². The van der Waals surface area contributed by atoms with Crippen molar-refractivity contribution in [3.8, 4) is 0 Å². The van der Waals surface area contributed by atoms with E-state index in [1.807, 2.05) is 0 Å². The molecule has 0 unspecified atom stereocenters. The Hall–Kier alpha value is -1.56. The van der Waals surface area contributed by atoms with Gasteiger partial charge in [0.05, 0.1) is 24.0 Å². The van der Waals surface area contributed by atoms with Crippen molar-refractivity contribution in [3.63, 3.8) is 0 Å². The molecule has 1 aliphatic carbocycles. The van der Waals surface area contributed by atoms with Crippen LogP contribution < -0.4 is 10.6 Å². The van der Waals surface area contributed by atoms with Crippen molar-refractivity contribution in [1.82, 2.24) is 0 Å². The highest BCUT2D eigenvalue weighted by molar-refractivity contribution is 9.10. The largest absolute Gasteiger partial charge is 0.465 e. The van der Waals surface area contributed by atoms with Crippen molar-refractivity contribution < 1.29 is 14.3 Å². The summed E-state index contributed by atoms with van der Waals surface area (Å²) in [5.74, 6) is 0.380. The molecule has 6 heteroatoms. The van der Waals surface area contributed by atoms with E-state index in [1.54, 1.807) is 19.2 Å². The Balaban J connectivity index is 2.16. The van der Waals surface area contributed by atoms with E-state index in [-0.39, 0.29) is 11.8 Å². The molecule has 24 heavy (non-hydrogen) atoms. The molecule has 0 aliphatic heterocycles. The molecule has 5 nitrogen and oxygen atoms in total. The van der Waals surface area contributed by atoms with Crippen molar-refractivity contribution in [2.75, 3.05) is 24.8 Å².